The van der Waals surface area contributed by atoms with Crippen LogP contribution in [0, 0.1) is 0 Å². The third kappa shape index (κ3) is 4.17. The normalized spacial score (nSPS) is 18.3. The fourth-order valence-electron chi connectivity index (χ4n) is 2.15. The molecule has 0 radical (unpaired) electrons. The Labute approximate surface area is 122 Å². The zero-order chi connectivity index (χ0) is 15.2. The molecule has 114 valence electrons. The van der Waals surface area contributed by atoms with Gasteiger partial charge in [0.2, 0.25) is 0 Å². The van der Waals surface area contributed by atoms with E-state index in [1.807, 2.05) is 25.2 Å². The first-order chi connectivity index (χ1) is 10.1. The van der Waals surface area contributed by atoms with E-state index in [1.54, 1.807) is 6.07 Å². The quantitative estimate of drug-likeness (QED) is 0.761. The van der Waals surface area contributed by atoms with Crippen LogP contribution in [0.15, 0.2) is 24.3 Å². The van der Waals surface area contributed by atoms with Crippen LogP contribution in [0.25, 0.3) is 0 Å². The Morgan fingerprint density at radius 2 is 2.29 bits per heavy atom. The van der Waals surface area contributed by atoms with E-state index in [0.717, 1.165) is 5.56 Å². The van der Waals surface area contributed by atoms with Gasteiger partial charge in [0.25, 0.3) is 0 Å². The van der Waals surface area contributed by atoms with Crippen molar-refractivity contribution < 1.29 is 19.4 Å². The molecule has 1 unspecified atom stereocenters. The number of nitrogens with zero attached hydrogens (tertiary/aromatic N) is 1. The maximum absolute atomic E-state index is 12.2. The van der Waals surface area contributed by atoms with Gasteiger partial charge in [0.15, 0.2) is 6.10 Å². The summed E-state index contributed by atoms with van der Waals surface area (Å²) in [5, 5.41) is 14.8. The molecule has 1 aromatic rings. The third-order valence-electron chi connectivity index (χ3n) is 3.19. The van der Waals surface area contributed by atoms with Gasteiger partial charge in [0, 0.05) is 18.8 Å². The number of carboxylic acid groups (broad SMARTS) is 1. The number of carboxylic acids is 1. The topological polar surface area (TPSA) is 90.9 Å². The second kappa shape index (κ2) is 7.05. The lowest BCUT2D eigenvalue weighted by atomic mass is 10.2. The van der Waals surface area contributed by atoms with E-state index in [0.29, 0.717) is 18.8 Å². The summed E-state index contributed by atoms with van der Waals surface area (Å²) in [5.41, 5.74) is 1.74. The number of anilines is 1. The lowest BCUT2D eigenvalue weighted by Gasteiger charge is -2.30. The van der Waals surface area contributed by atoms with E-state index in [1.165, 1.54) is 4.90 Å². The number of urea groups is 1. The minimum Gasteiger partial charge on any atom is -0.479 e. The SMILES string of the molecule is CNCc1cccc(NC(=O)N2CCOC(C(=O)O)C2)c1. The molecule has 2 amide bonds. The Hall–Kier alpha value is -2.12. The summed E-state index contributed by atoms with van der Waals surface area (Å²) >= 11 is 0. The molecule has 1 aromatic carbocycles. The van der Waals surface area contributed by atoms with Crippen LogP contribution >= 0.6 is 0 Å². The van der Waals surface area contributed by atoms with Crippen LogP contribution < -0.4 is 10.6 Å². The minimum atomic E-state index is -1.05. The van der Waals surface area contributed by atoms with Crippen LogP contribution in [0.1, 0.15) is 5.56 Å². The molecule has 1 aliphatic heterocycles. The maximum Gasteiger partial charge on any atom is 0.334 e. The number of hydrogen-bond acceptors (Lipinski definition) is 4. The Bertz CT molecular complexity index is 521. The molecule has 7 heteroatoms. The van der Waals surface area contributed by atoms with Gasteiger partial charge in [-0.25, -0.2) is 9.59 Å². The highest BCUT2D eigenvalue weighted by Gasteiger charge is 2.28. The minimum absolute atomic E-state index is 0.0529. The average Bonchev–Trinajstić information content (AvgIpc) is 2.48. The van der Waals surface area contributed by atoms with Crippen LogP contribution in [-0.4, -0.2) is 54.9 Å². The second-order valence-electron chi connectivity index (χ2n) is 4.80. The van der Waals surface area contributed by atoms with Crippen molar-refractivity contribution in [3.05, 3.63) is 29.8 Å². The van der Waals surface area contributed by atoms with E-state index in [2.05, 4.69) is 10.6 Å². The van der Waals surface area contributed by atoms with E-state index >= 15 is 0 Å². The van der Waals surface area contributed by atoms with Crippen molar-refractivity contribution in [2.24, 2.45) is 0 Å². The van der Waals surface area contributed by atoms with Crippen molar-refractivity contribution >= 4 is 17.7 Å². The molecule has 1 atom stereocenters. The Morgan fingerprint density at radius 3 is 3.00 bits per heavy atom. The lowest BCUT2D eigenvalue weighted by molar-refractivity contribution is -0.154. The van der Waals surface area contributed by atoms with E-state index in [-0.39, 0.29) is 19.2 Å². The van der Waals surface area contributed by atoms with Crippen molar-refractivity contribution in [1.29, 1.82) is 0 Å². The Balaban J connectivity index is 1.97. The van der Waals surface area contributed by atoms with Gasteiger partial charge >= 0.3 is 12.0 Å². The monoisotopic (exact) mass is 293 g/mol. The molecule has 0 aromatic heterocycles. The Morgan fingerprint density at radius 1 is 1.48 bits per heavy atom. The van der Waals surface area contributed by atoms with Crippen molar-refractivity contribution in [3.63, 3.8) is 0 Å². The van der Waals surface area contributed by atoms with Gasteiger partial charge in [-0.3, -0.25) is 0 Å². The summed E-state index contributed by atoms with van der Waals surface area (Å²) < 4.78 is 5.09. The van der Waals surface area contributed by atoms with Crippen LogP contribution in [0.2, 0.25) is 0 Å². The molecule has 1 fully saturated rings. The molecule has 7 nitrogen and oxygen atoms in total. The highest BCUT2D eigenvalue weighted by molar-refractivity contribution is 5.90. The molecule has 1 heterocycles. The molecule has 1 aliphatic rings. The summed E-state index contributed by atoms with van der Waals surface area (Å²) in [6.07, 6.45) is -0.958. The molecular weight excluding hydrogens is 274 g/mol. The number of carbonyl (C=O) groups is 2. The number of carbonyl (C=O) groups excluding carboxylic acids is 1. The van der Waals surface area contributed by atoms with Gasteiger partial charge in [-0.15, -0.1) is 0 Å². The largest absolute Gasteiger partial charge is 0.479 e. The van der Waals surface area contributed by atoms with Gasteiger partial charge < -0.3 is 25.4 Å². The van der Waals surface area contributed by atoms with Crippen LogP contribution in [0.5, 0.6) is 0 Å². The maximum atomic E-state index is 12.2. The predicted molar refractivity (Wildman–Crippen MR) is 77.2 cm³/mol. The van der Waals surface area contributed by atoms with Crippen LogP contribution in [0.4, 0.5) is 10.5 Å². The van der Waals surface area contributed by atoms with Gasteiger partial charge in [-0.2, -0.15) is 0 Å². The second-order valence-corrected chi connectivity index (χ2v) is 4.80. The number of rotatable bonds is 4. The fraction of sp³-hybridized carbons (Fsp3) is 0.429. The first-order valence-electron chi connectivity index (χ1n) is 6.74. The fourth-order valence-corrected chi connectivity index (χ4v) is 2.15. The highest BCUT2D eigenvalue weighted by Crippen LogP contribution is 2.13. The summed E-state index contributed by atoms with van der Waals surface area (Å²) in [6.45, 7) is 1.37. The Kier molecular flexibility index (Phi) is 5.13. The summed E-state index contributed by atoms with van der Waals surface area (Å²) in [7, 11) is 1.85. The van der Waals surface area contributed by atoms with E-state index in [4.69, 9.17) is 9.84 Å². The summed E-state index contributed by atoms with van der Waals surface area (Å²) in [5.74, 6) is -1.05. The standard InChI is InChI=1S/C14H19N3O4/c1-15-8-10-3-2-4-11(7-10)16-14(20)17-5-6-21-12(9-17)13(18)19/h2-4,7,12,15H,5-6,8-9H2,1H3,(H,16,20)(H,18,19). The molecule has 1 saturated heterocycles. The summed E-state index contributed by atoms with van der Waals surface area (Å²) in [4.78, 5) is 24.5. The molecule has 0 saturated carbocycles. The summed E-state index contributed by atoms with van der Waals surface area (Å²) in [6, 6.07) is 7.18. The zero-order valence-corrected chi connectivity index (χ0v) is 11.8. The van der Waals surface area contributed by atoms with Gasteiger partial charge in [-0.05, 0) is 24.7 Å². The molecule has 0 spiro atoms. The number of hydrogen-bond donors (Lipinski definition) is 3. The molecule has 3 N–H and O–H groups in total. The van der Waals surface area contributed by atoms with Crippen molar-refractivity contribution in [1.82, 2.24) is 10.2 Å². The van der Waals surface area contributed by atoms with Crippen LogP contribution in [-0.2, 0) is 16.1 Å². The number of benzene rings is 1. The third-order valence-corrected chi connectivity index (χ3v) is 3.19. The molecule has 0 bridgehead atoms. The number of aliphatic carboxylic acids is 1. The number of ether oxygens (including phenoxy) is 1. The number of nitrogens with one attached hydrogen (secondary N) is 2. The van der Waals surface area contributed by atoms with Gasteiger partial charge in [0.05, 0.1) is 13.2 Å². The van der Waals surface area contributed by atoms with Crippen molar-refractivity contribution in [2.75, 3.05) is 32.1 Å². The molecule has 2 rings (SSSR count). The van der Waals surface area contributed by atoms with Crippen molar-refractivity contribution in [3.8, 4) is 0 Å². The highest BCUT2D eigenvalue weighted by atomic mass is 16.5. The van der Waals surface area contributed by atoms with Gasteiger partial charge in [0.1, 0.15) is 0 Å². The molecular formula is C14H19N3O4. The predicted octanol–water partition coefficient (Wildman–Crippen LogP) is 0.723. The first-order valence-corrected chi connectivity index (χ1v) is 6.74. The van der Waals surface area contributed by atoms with E-state index < -0.39 is 12.1 Å². The van der Waals surface area contributed by atoms with Crippen LogP contribution in [0.3, 0.4) is 0 Å². The van der Waals surface area contributed by atoms with Crippen molar-refractivity contribution in [2.45, 2.75) is 12.6 Å². The molecule has 0 aliphatic carbocycles. The average molecular weight is 293 g/mol. The molecule has 21 heavy (non-hydrogen) atoms. The van der Waals surface area contributed by atoms with E-state index in [9.17, 15) is 9.59 Å². The lowest BCUT2D eigenvalue weighted by Crippen LogP contribution is -2.49. The first kappa shape index (κ1) is 15.3. The number of morpholine rings is 1. The number of amides is 2. The van der Waals surface area contributed by atoms with Gasteiger partial charge in [-0.1, -0.05) is 12.1 Å². The zero-order valence-electron chi connectivity index (χ0n) is 11.8. The smallest absolute Gasteiger partial charge is 0.334 e.